The van der Waals surface area contributed by atoms with Crippen LogP contribution < -0.4 is 10.1 Å². The summed E-state index contributed by atoms with van der Waals surface area (Å²) in [5.41, 5.74) is 5.15. The van der Waals surface area contributed by atoms with Crippen LogP contribution in [0, 0.1) is 13.8 Å². The molecule has 1 N–H and O–H groups in total. The molecular weight excluding hydrogens is 382 g/mol. The average Bonchev–Trinajstić information content (AvgIpc) is 2.73. The Hall–Kier alpha value is -2.78. The summed E-state index contributed by atoms with van der Waals surface area (Å²) in [4.78, 5) is 12.7. The molecule has 0 bridgehead atoms. The summed E-state index contributed by atoms with van der Waals surface area (Å²) in [5, 5.41) is 3.81. The van der Waals surface area contributed by atoms with Gasteiger partial charge in [0.05, 0.1) is 6.04 Å². The van der Waals surface area contributed by atoms with Gasteiger partial charge in [-0.3, -0.25) is 4.79 Å². The van der Waals surface area contributed by atoms with E-state index in [2.05, 4.69) is 44.3 Å². The number of rotatable bonds is 7. The van der Waals surface area contributed by atoms with Gasteiger partial charge in [-0.15, -0.1) is 0 Å². The lowest BCUT2D eigenvalue weighted by Crippen LogP contribution is -2.28. The van der Waals surface area contributed by atoms with Crippen molar-refractivity contribution in [2.45, 2.75) is 39.8 Å². The van der Waals surface area contributed by atoms with Crippen molar-refractivity contribution in [3.8, 4) is 5.75 Å². The second kappa shape index (κ2) is 9.62. The third kappa shape index (κ3) is 5.39. The molecule has 3 rings (SSSR count). The summed E-state index contributed by atoms with van der Waals surface area (Å²) in [5.74, 6) is 0.607. The topological polar surface area (TPSA) is 38.3 Å². The number of benzene rings is 3. The Labute approximate surface area is 177 Å². The van der Waals surface area contributed by atoms with Gasteiger partial charge < -0.3 is 10.1 Å². The number of amides is 1. The Kier molecular flexibility index (Phi) is 6.95. The second-order valence-corrected chi connectivity index (χ2v) is 7.59. The van der Waals surface area contributed by atoms with Crippen LogP contribution in [0.15, 0.2) is 66.7 Å². The predicted octanol–water partition coefficient (Wildman–Crippen LogP) is 6.42. The summed E-state index contributed by atoms with van der Waals surface area (Å²) < 4.78 is 5.79. The first-order chi connectivity index (χ1) is 14.0. The maximum Gasteiger partial charge on any atom is 0.251 e. The van der Waals surface area contributed by atoms with Crippen LogP contribution in [-0.4, -0.2) is 5.91 Å². The second-order valence-electron chi connectivity index (χ2n) is 7.18. The maximum atomic E-state index is 12.7. The Morgan fingerprint density at radius 1 is 1.00 bits per heavy atom. The molecule has 0 aliphatic carbocycles. The van der Waals surface area contributed by atoms with Crippen molar-refractivity contribution in [1.82, 2.24) is 5.32 Å². The molecule has 0 saturated heterocycles. The van der Waals surface area contributed by atoms with Gasteiger partial charge in [-0.05, 0) is 67.3 Å². The third-order valence-electron chi connectivity index (χ3n) is 5.12. The standard InChI is InChI=1S/C25H26ClNO2/c1-4-24(20-10-9-17(2)18(3)15-20)27-25(28)19-11-13-22(14-12-19)29-16-21-7-5-6-8-23(21)26/h5-15,24H,4,16H2,1-3H3,(H,27,28)/t24-/m1/s1. The minimum Gasteiger partial charge on any atom is -0.489 e. The zero-order chi connectivity index (χ0) is 20.8. The normalized spacial score (nSPS) is 11.7. The van der Waals surface area contributed by atoms with Crippen molar-refractivity contribution < 1.29 is 9.53 Å². The number of halogens is 1. The van der Waals surface area contributed by atoms with E-state index in [4.69, 9.17) is 16.3 Å². The number of hydrogen-bond acceptors (Lipinski definition) is 2. The van der Waals surface area contributed by atoms with Gasteiger partial charge in [0, 0.05) is 16.1 Å². The number of carbonyl (C=O) groups excluding carboxylic acids is 1. The molecule has 1 atom stereocenters. The van der Waals surface area contributed by atoms with E-state index in [1.807, 2.05) is 36.4 Å². The van der Waals surface area contributed by atoms with Crippen molar-refractivity contribution >= 4 is 17.5 Å². The number of nitrogens with one attached hydrogen (secondary N) is 1. The van der Waals surface area contributed by atoms with E-state index in [1.165, 1.54) is 11.1 Å². The first-order valence-corrected chi connectivity index (χ1v) is 10.2. The Bertz CT molecular complexity index is 982. The van der Waals surface area contributed by atoms with Gasteiger partial charge in [0.25, 0.3) is 5.91 Å². The molecule has 0 spiro atoms. The number of ether oxygens (including phenoxy) is 1. The van der Waals surface area contributed by atoms with Gasteiger partial charge in [0.15, 0.2) is 0 Å². The highest BCUT2D eigenvalue weighted by Crippen LogP contribution is 2.22. The molecule has 3 aromatic rings. The molecule has 0 aliphatic rings. The molecule has 0 fully saturated rings. The van der Waals surface area contributed by atoms with Crippen LogP contribution in [0.3, 0.4) is 0 Å². The van der Waals surface area contributed by atoms with Crippen molar-refractivity contribution in [3.63, 3.8) is 0 Å². The highest BCUT2D eigenvalue weighted by molar-refractivity contribution is 6.31. The maximum absolute atomic E-state index is 12.7. The van der Waals surface area contributed by atoms with E-state index in [0.29, 0.717) is 22.9 Å². The predicted molar refractivity (Wildman–Crippen MR) is 119 cm³/mol. The van der Waals surface area contributed by atoms with Gasteiger partial charge in [-0.1, -0.05) is 54.9 Å². The minimum absolute atomic E-state index is 0.0158. The SMILES string of the molecule is CC[C@@H](NC(=O)c1ccc(OCc2ccccc2Cl)cc1)c1ccc(C)c(C)c1. The summed E-state index contributed by atoms with van der Waals surface area (Å²) in [6.07, 6.45) is 0.827. The van der Waals surface area contributed by atoms with Crippen molar-refractivity contribution in [2.24, 2.45) is 0 Å². The highest BCUT2D eigenvalue weighted by Gasteiger charge is 2.15. The average molecular weight is 408 g/mol. The minimum atomic E-state index is -0.0901. The molecule has 1 amide bonds. The Balaban J connectivity index is 1.63. The zero-order valence-electron chi connectivity index (χ0n) is 17.0. The summed E-state index contributed by atoms with van der Waals surface area (Å²) in [6.45, 7) is 6.64. The van der Waals surface area contributed by atoms with Gasteiger partial charge in [0.2, 0.25) is 0 Å². The highest BCUT2D eigenvalue weighted by atomic mass is 35.5. The number of aryl methyl sites for hydroxylation is 2. The molecule has 0 radical (unpaired) electrons. The summed E-state index contributed by atoms with van der Waals surface area (Å²) in [6, 6.07) is 21.1. The van der Waals surface area contributed by atoms with Crippen LogP contribution in [0.4, 0.5) is 0 Å². The molecule has 4 heteroatoms. The molecular formula is C25H26ClNO2. The van der Waals surface area contributed by atoms with E-state index in [-0.39, 0.29) is 11.9 Å². The van der Waals surface area contributed by atoms with Crippen LogP contribution in [0.25, 0.3) is 0 Å². The lowest BCUT2D eigenvalue weighted by atomic mass is 9.99. The quantitative estimate of drug-likeness (QED) is 0.491. The van der Waals surface area contributed by atoms with Crippen LogP contribution in [0.2, 0.25) is 5.02 Å². The molecule has 3 aromatic carbocycles. The lowest BCUT2D eigenvalue weighted by Gasteiger charge is -2.19. The molecule has 0 heterocycles. The molecule has 150 valence electrons. The van der Waals surface area contributed by atoms with E-state index in [1.54, 1.807) is 12.1 Å². The fraction of sp³-hybridized carbons (Fsp3) is 0.240. The van der Waals surface area contributed by atoms with E-state index in [0.717, 1.165) is 17.5 Å². The fourth-order valence-electron chi connectivity index (χ4n) is 3.12. The molecule has 0 aromatic heterocycles. The molecule has 3 nitrogen and oxygen atoms in total. The molecule has 0 aliphatic heterocycles. The van der Waals surface area contributed by atoms with Gasteiger partial charge >= 0.3 is 0 Å². The number of carbonyl (C=O) groups is 1. The molecule has 0 unspecified atom stereocenters. The van der Waals surface area contributed by atoms with Crippen LogP contribution in [0.5, 0.6) is 5.75 Å². The van der Waals surface area contributed by atoms with Crippen molar-refractivity contribution in [2.75, 3.05) is 0 Å². The van der Waals surface area contributed by atoms with Crippen LogP contribution >= 0.6 is 11.6 Å². The number of hydrogen-bond donors (Lipinski definition) is 1. The Morgan fingerprint density at radius 3 is 2.38 bits per heavy atom. The van der Waals surface area contributed by atoms with Crippen molar-refractivity contribution in [3.05, 3.63) is 99.6 Å². The summed E-state index contributed by atoms with van der Waals surface area (Å²) >= 11 is 6.16. The van der Waals surface area contributed by atoms with Crippen LogP contribution in [-0.2, 0) is 6.61 Å². The molecule has 29 heavy (non-hydrogen) atoms. The van der Waals surface area contributed by atoms with E-state index < -0.39 is 0 Å². The first kappa shape index (κ1) is 20.9. The van der Waals surface area contributed by atoms with E-state index in [9.17, 15) is 4.79 Å². The van der Waals surface area contributed by atoms with E-state index >= 15 is 0 Å². The lowest BCUT2D eigenvalue weighted by molar-refractivity contribution is 0.0935. The van der Waals surface area contributed by atoms with Gasteiger partial charge in [-0.25, -0.2) is 0 Å². The largest absolute Gasteiger partial charge is 0.489 e. The third-order valence-corrected chi connectivity index (χ3v) is 5.48. The monoisotopic (exact) mass is 407 g/mol. The van der Waals surface area contributed by atoms with Gasteiger partial charge in [0.1, 0.15) is 12.4 Å². The molecule has 0 saturated carbocycles. The summed E-state index contributed by atoms with van der Waals surface area (Å²) in [7, 11) is 0. The van der Waals surface area contributed by atoms with Crippen LogP contribution in [0.1, 0.15) is 52.0 Å². The Morgan fingerprint density at radius 2 is 1.72 bits per heavy atom. The van der Waals surface area contributed by atoms with Gasteiger partial charge in [-0.2, -0.15) is 0 Å². The van der Waals surface area contributed by atoms with Crippen molar-refractivity contribution in [1.29, 1.82) is 0 Å². The zero-order valence-corrected chi connectivity index (χ0v) is 17.8. The fourth-order valence-corrected chi connectivity index (χ4v) is 3.31. The first-order valence-electron chi connectivity index (χ1n) is 9.82. The smallest absolute Gasteiger partial charge is 0.251 e.